The molecular weight excluding hydrogens is 244 g/mol. The highest BCUT2D eigenvalue weighted by Crippen LogP contribution is 2.14. The minimum atomic E-state index is -0.490. The lowest BCUT2D eigenvalue weighted by atomic mass is 10.1. The maximum absolute atomic E-state index is 11.9. The Morgan fingerprint density at radius 2 is 2.00 bits per heavy atom. The summed E-state index contributed by atoms with van der Waals surface area (Å²) in [4.78, 5) is 25.4. The lowest BCUT2D eigenvalue weighted by Crippen LogP contribution is -2.41. The number of nitrogens with zero attached hydrogens (tertiary/aromatic N) is 1. The van der Waals surface area contributed by atoms with Gasteiger partial charge in [0, 0.05) is 19.5 Å². The molecule has 1 saturated heterocycles. The highest BCUT2D eigenvalue weighted by Gasteiger charge is 2.28. The largest absolute Gasteiger partial charge is 0.444 e. The average Bonchev–Trinajstić information content (AvgIpc) is 2.61. The Morgan fingerprint density at radius 1 is 1.37 bits per heavy atom. The molecule has 1 rings (SSSR count). The summed E-state index contributed by atoms with van der Waals surface area (Å²) in [7, 11) is 0. The van der Waals surface area contributed by atoms with Crippen molar-refractivity contribution in [2.45, 2.75) is 59.1 Å². The number of nitrogens with one attached hydrogen (secondary N) is 1. The quantitative estimate of drug-likeness (QED) is 0.855. The van der Waals surface area contributed by atoms with Crippen LogP contribution in [0.25, 0.3) is 0 Å². The van der Waals surface area contributed by atoms with Crippen molar-refractivity contribution < 1.29 is 14.3 Å². The topological polar surface area (TPSA) is 58.6 Å². The zero-order chi connectivity index (χ0) is 14.6. The zero-order valence-corrected chi connectivity index (χ0v) is 12.7. The molecule has 0 aliphatic carbocycles. The van der Waals surface area contributed by atoms with E-state index in [1.165, 1.54) is 0 Å². The van der Waals surface area contributed by atoms with Gasteiger partial charge in [-0.1, -0.05) is 13.8 Å². The van der Waals surface area contributed by atoms with E-state index in [4.69, 9.17) is 4.74 Å². The van der Waals surface area contributed by atoms with Crippen LogP contribution >= 0.6 is 0 Å². The standard InChI is InChI=1S/C14H26N2O3/c1-10(2)8-12(17)16-7-6-11(9-16)15-13(18)19-14(3,4)5/h10-11H,6-9H2,1-5H3,(H,15,18). The van der Waals surface area contributed by atoms with E-state index in [2.05, 4.69) is 5.32 Å². The van der Waals surface area contributed by atoms with Gasteiger partial charge in [-0.2, -0.15) is 0 Å². The van der Waals surface area contributed by atoms with E-state index in [9.17, 15) is 9.59 Å². The van der Waals surface area contributed by atoms with Gasteiger partial charge in [0.25, 0.3) is 0 Å². The zero-order valence-electron chi connectivity index (χ0n) is 12.7. The highest BCUT2D eigenvalue weighted by atomic mass is 16.6. The maximum atomic E-state index is 11.9. The Kier molecular flexibility index (Phi) is 5.20. The smallest absolute Gasteiger partial charge is 0.407 e. The number of carbonyl (C=O) groups is 2. The molecule has 0 radical (unpaired) electrons. The predicted octanol–water partition coefficient (Wildman–Crippen LogP) is 2.16. The molecule has 0 aromatic rings. The van der Waals surface area contributed by atoms with Crippen LogP contribution in [-0.4, -0.2) is 41.6 Å². The highest BCUT2D eigenvalue weighted by molar-refractivity contribution is 5.77. The fraction of sp³-hybridized carbons (Fsp3) is 0.857. The van der Waals surface area contributed by atoms with E-state index < -0.39 is 11.7 Å². The number of likely N-dealkylation sites (tertiary alicyclic amines) is 1. The minimum Gasteiger partial charge on any atom is -0.444 e. The first kappa shape index (κ1) is 15.8. The van der Waals surface area contributed by atoms with Gasteiger partial charge in [0.15, 0.2) is 0 Å². The molecular formula is C14H26N2O3. The molecule has 1 aliphatic heterocycles. The predicted molar refractivity (Wildman–Crippen MR) is 73.8 cm³/mol. The van der Waals surface area contributed by atoms with Crippen molar-refractivity contribution in [3.63, 3.8) is 0 Å². The molecule has 0 saturated carbocycles. The fourth-order valence-electron chi connectivity index (χ4n) is 2.06. The van der Waals surface area contributed by atoms with Crippen molar-refractivity contribution in [2.75, 3.05) is 13.1 Å². The number of hydrogen-bond donors (Lipinski definition) is 1. The molecule has 5 heteroatoms. The molecule has 0 aromatic carbocycles. The molecule has 0 spiro atoms. The summed E-state index contributed by atoms with van der Waals surface area (Å²) >= 11 is 0. The number of rotatable bonds is 3. The van der Waals surface area contributed by atoms with Crippen LogP contribution in [0.3, 0.4) is 0 Å². The van der Waals surface area contributed by atoms with Crippen molar-refractivity contribution in [1.82, 2.24) is 10.2 Å². The third kappa shape index (κ3) is 5.94. The van der Waals surface area contributed by atoms with Gasteiger partial charge in [-0.3, -0.25) is 4.79 Å². The summed E-state index contributed by atoms with van der Waals surface area (Å²) in [6.45, 7) is 10.9. The first-order valence-corrected chi connectivity index (χ1v) is 6.94. The van der Waals surface area contributed by atoms with E-state index in [-0.39, 0.29) is 11.9 Å². The van der Waals surface area contributed by atoms with Crippen molar-refractivity contribution in [3.05, 3.63) is 0 Å². The molecule has 110 valence electrons. The van der Waals surface area contributed by atoms with Gasteiger partial charge in [-0.05, 0) is 33.1 Å². The van der Waals surface area contributed by atoms with Crippen molar-refractivity contribution >= 4 is 12.0 Å². The van der Waals surface area contributed by atoms with Gasteiger partial charge < -0.3 is 15.0 Å². The van der Waals surface area contributed by atoms with Crippen molar-refractivity contribution in [2.24, 2.45) is 5.92 Å². The lowest BCUT2D eigenvalue weighted by molar-refractivity contribution is -0.130. The second kappa shape index (κ2) is 6.26. The van der Waals surface area contributed by atoms with Crippen LogP contribution in [0, 0.1) is 5.92 Å². The van der Waals surface area contributed by atoms with Crippen molar-refractivity contribution in [3.8, 4) is 0 Å². The van der Waals surface area contributed by atoms with Gasteiger partial charge in [0.1, 0.15) is 5.60 Å². The van der Waals surface area contributed by atoms with Crippen LogP contribution in [0.1, 0.15) is 47.5 Å². The second-order valence-electron chi connectivity index (χ2n) is 6.57. The van der Waals surface area contributed by atoms with E-state index in [1.54, 1.807) is 0 Å². The van der Waals surface area contributed by atoms with Crippen LogP contribution in [-0.2, 0) is 9.53 Å². The summed E-state index contributed by atoms with van der Waals surface area (Å²) in [6.07, 6.45) is 0.957. The van der Waals surface area contributed by atoms with Crippen LogP contribution in [0.2, 0.25) is 0 Å². The summed E-state index contributed by atoms with van der Waals surface area (Å²) in [6, 6.07) is 0.00552. The van der Waals surface area contributed by atoms with E-state index in [0.29, 0.717) is 25.4 Å². The van der Waals surface area contributed by atoms with E-state index in [0.717, 1.165) is 6.42 Å². The van der Waals surface area contributed by atoms with Gasteiger partial charge in [0.2, 0.25) is 5.91 Å². The first-order valence-electron chi connectivity index (χ1n) is 6.94. The lowest BCUT2D eigenvalue weighted by Gasteiger charge is -2.22. The number of hydrogen-bond acceptors (Lipinski definition) is 3. The third-order valence-corrected chi connectivity index (χ3v) is 2.84. The molecule has 1 N–H and O–H groups in total. The normalized spacial score (nSPS) is 19.7. The van der Waals surface area contributed by atoms with Crippen LogP contribution in [0.4, 0.5) is 4.79 Å². The number of amides is 2. The maximum Gasteiger partial charge on any atom is 0.407 e. The minimum absolute atomic E-state index is 0.00552. The second-order valence-corrected chi connectivity index (χ2v) is 6.57. The summed E-state index contributed by atoms with van der Waals surface area (Å²) in [5.74, 6) is 0.536. The Bertz CT molecular complexity index is 334. The molecule has 2 amide bonds. The molecule has 1 aliphatic rings. The molecule has 1 unspecified atom stereocenters. The number of carbonyl (C=O) groups excluding carboxylic acids is 2. The van der Waals surface area contributed by atoms with Gasteiger partial charge in [-0.25, -0.2) is 4.79 Å². The molecule has 0 bridgehead atoms. The third-order valence-electron chi connectivity index (χ3n) is 2.84. The molecule has 5 nitrogen and oxygen atoms in total. The fourth-order valence-corrected chi connectivity index (χ4v) is 2.06. The Balaban J connectivity index is 2.36. The summed E-state index contributed by atoms with van der Waals surface area (Å²) < 4.78 is 5.21. The molecule has 1 atom stereocenters. The van der Waals surface area contributed by atoms with Gasteiger partial charge in [0.05, 0.1) is 6.04 Å². The number of ether oxygens (including phenoxy) is 1. The Labute approximate surface area is 115 Å². The SMILES string of the molecule is CC(C)CC(=O)N1CCC(NC(=O)OC(C)(C)C)C1. The van der Waals surface area contributed by atoms with E-state index in [1.807, 2.05) is 39.5 Å². The average molecular weight is 270 g/mol. The number of alkyl carbamates (subject to hydrolysis) is 1. The summed E-state index contributed by atoms with van der Waals surface area (Å²) in [5, 5.41) is 2.82. The van der Waals surface area contributed by atoms with Crippen molar-refractivity contribution in [1.29, 1.82) is 0 Å². The Morgan fingerprint density at radius 3 is 2.53 bits per heavy atom. The van der Waals surface area contributed by atoms with Crippen LogP contribution in [0.5, 0.6) is 0 Å². The first-order chi connectivity index (χ1) is 8.67. The van der Waals surface area contributed by atoms with Crippen LogP contribution in [0.15, 0.2) is 0 Å². The van der Waals surface area contributed by atoms with Gasteiger partial charge in [-0.15, -0.1) is 0 Å². The monoisotopic (exact) mass is 270 g/mol. The summed E-state index contributed by atoms with van der Waals surface area (Å²) in [5.41, 5.74) is -0.490. The van der Waals surface area contributed by atoms with E-state index >= 15 is 0 Å². The molecule has 1 heterocycles. The molecule has 19 heavy (non-hydrogen) atoms. The van der Waals surface area contributed by atoms with Gasteiger partial charge >= 0.3 is 6.09 Å². The Hall–Kier alpha value is -1.26. The molecule has 0 aromatic heterocycles. The molecule has 1 fully saturated rings. The van der Waals surface area contributed by atoms with Crippen LogP contribution < -0.4 is 5.32 Å².